The highest BCUT2D eigenvalue weighted by Gasteiger charge is 2.42. The lowest BCUT2D eigenvalue weighted by atomic mass is 10.2. The van der Waals surface area contributed by atoms with Crippen LogP contribution in [0.5, 0.6) is 5.75 Å². The molecule has 0 saturated heterocycles. The van der Waals surface area contributed by atoms with Crippen molar-refractivity contribution in [3.05, 3.63) is 87.2 Å². The van der Waals surface area contributed by atoms with E-state index < -0.39 is 17.4 Å². The molecule has 0 bridgehead atoms. The molecule has 9 heteroatoms. The summed E-state index contributed by atoms with van der Waals surface area (Å²) in [5, 5.41) is 11.7. The van der Waals surface area contributed by atoms with Gasteiger partial charge in [0, 0.05) is 28.9 Å². The molecule has 2 heterocycles. The molecule has 0 aliphatic carbocycles. The summed E-state index contributed by atoms with van der Waals surface area (Å²) in [4.78, 5) is 15.3. The summed E-state index contributed by atoms with van der Waals surface area (Å²) in [6, 6.07) is 17.9. The van der Waals surface area contributed by atoms with Gasteiger partial charge < -0.3 is 8.94 Å². The molecule has 4 aromatic rings. The van der Waals surface area contributed by atoms with Gasteiger partial charge in [-0.3, -0.25) is 15.1 Å². The largest absolute Gasteiger partial charge is 0.457 e. The number of non-ortho nitro benzene ring substituents is 1. The number of aromatic nitrogens is 1. The average Bonchev–Trinajstić information content (AvgIpc) is 3.20. The molecule has 1 atom stereocenters. The first kappa shape index (κ1) is 23.2. The molecule has 0 unspecified atom stereocenters. The number of rotatable bonds is 5. The number of nitro benzene ring substituents is 1. The Hall–Kier alpha value is -2.96. The van der Waals surface area contributed by atoms with Gasteiger partial charge in [-0.25, -0.2) is 4.74 Å². The van der Waals surface area contributed by atoms with Crippen molar-refractivity contribution in [3.63, 3.8) is 0 Å². The molecule has 0 amide bonds. The molecule has 0 radical (unpaired) electrons. The monoisotopic (exact) mass is 527 g/mol. The summed E-state index contributed by atoms with van der Waals surface area (Å²) in [7, 11) is -2.91. The van der Waals surface area contributed by atoms with Crippen LogP contribution >= 0.6 is 23.2 Å². The number of hydrogen-bond acceptors (Lipinski definition) is 6. The van der Waals surface area contributed by atoms with E-state index in [0.29, 0.717) is 21.4 Å². The number of halogens is 1. The Balaban J connectivity index is 2.02. The fourth-order valence-electron chi connectivity index (χ4n) is 3.45. The number of fused-ring (bicyclic) bond motifs is 1. The number of para-hydroxylation sites is 1. The molecule has 0 spiro atoms. The van der Waals surface area contributed by atoms with E-state index in [4.69, 9.17) is 13.7 Å². The second-order valence-corrected chi connectivity index (χ2v) is 12.7. The molecule has 0 aliphatic rings. The first-order valence-electron chi connectivity index (χ1n) is 10.3. The highest BCUT2D eigenvalue weighted by atomic mass is 79.9. The predicted octanol–water partition coefficient (Wildman–Crippen LogP) is 7.76. The maximum Gasteiger partial charge on any atom is 0.270 e. The van der Waals surface area contributed by atoms with Crippen LogP contribution in [-0.2, 0) is 0 Å². The molecular weight excluding hydrogens is 505 g/mol. The summed E-state index contributed by atoms with van der Waals surface area (Å²) in [6.07, 6.45) is 1.73. The summed E-state index contributed by atoms with van der Waals surface area (Å²) >= 11 is 3.46. The van der Waals surface area contributed by atoms with Crippen LogP contribution in [0.1, 0.15) is 26.5 Å². The van der Waals surface area contributed by atoms with Crippen molar-refractivity contribution in [2.75, 3.05) is 0 Å². The number of pyridine rings is 1. The Labute approximate surface area is 200 Å². The topological polar surface area (TPSA) is 90.8 Å². The van der Waals surface area contributed by atoms with Gasteiger partial charge in [0.2, 0.25) is 7.28 Å². The van der Waals surface area contributed by atoms with Gasteiger partial charge in [0.05, 0.1) is 15.1 Å². The molecule has 170 valence electrons. The number of nitrogens with zero attached hydrogens (tertiary/aromatic N) is 3. The van der Waals surface area contributed by atoms with Gasteiger partial charge in [0.1, 0.15) is 11.3 Å². The minimum Gasteiger partial charge on any atom is -0.457 e. The van der Waals surface area contributed by atoms with Crippen LogP contribution in [0.4, 0.5) is 11.4 Å². The normalized spacial score (nSPS) is 13.5. The lowest BCUT2D eigenvalue weighted by molar-refractivity contribution is -0.384. The van der Waals surface area contributed by atoms with Crippen LogP contribution in [0, 0.1) is 17.0 Å². The van der Waals surface area contributed by atoms with Crippen molar-refractivity contribution < 1.29 is 13.9 Å². The Morgan fingerprint density at radius 1 is 1.12 bits per heavy atom. The van der Waals surface area contributed by atoms with E-state index >= 15 is 0 Å². The highest BCUT2D eigenvalue weighted by molar-refractivity contribution is 9.10. The molecule has 0 aliphatic heterocycles. The first-order valence-corrected chi connectivity index (χ1v) is 12.7. The third-order valence-corrected chi connectivity index (χ3v) is 9.40. The molecule has 7 nitrogen and oxygen atoms in total. The maximum absolute atomic E-state index is 11.2. The minimum atomic E-state index is -2.91. The zero-order chi connectivity index (χ0) is 23.8. The fraction of sp³-hybridized carbons (Fsp3) is 0.208. The van der Waals surface area contributed by atoms with E-state index in [2.05, 4.69) is 41.7 Å². The predicted molar refractivity (Wildman–Crippen MR) is 135 cm³/mol. The Bertz CT molecular complexity index is 1400. The summed E-state index contributed by atoms with van der Waals surface area (Å²) in [5.41, 5.74) is 1.89. The zero-order valence-electron chi connectivity index (χ0n) is 18.7. The standard InChI is InChI=1S/C24H23BrN3O4P/c1-16-10-13-22(31-16)33(24(2,3)4,27-20-12-11-18(28(29)30)15-19(20)25)32-21-9-5-7-17-8-6-14-26-23(17)21/h5-15H,1-4H3/t33-/m1/s1. The van der Waals surface area contributed by atoms with E-state index in [9.17, 15) is 10.1 Å². The van der Waals surface area contributed by atoms with Crippen LogP contribution in [0.15, 0.2) is 80.5 Å². The molecular formula is C24H23BrN3O4P. The van der Waals surface area contributed by atoms with Crippen LogP contribution in [0.2, 0.25) is 0 Å². The molecule has 0 fully saturated rings. The smallest absolute Gasteiger partial charge is 0.270 e. The first-order chi connectivity index (χ1) is 15.6. The third kappa shape index (κ3) is 4.45. The van der Waals surface area contributed by atoms with E-state index in [1.54, 1.807) is 12.3 Å². The molecule has 2 aromatic carbocycles. The van der Waals surface area contributed by atoms with Gasteiger partial charge >= 0.3 is 0 Å². The van der Waals surface area contributed by atoms with Gasteiger partial charge in [0.25, 0.3) is 5.69 Å². The van der Waals surface area contributed by atoms with E-state index in [1.807, 2.05) is 49.4 Å². The number of hydrogen-bond donors (Lipinski definition) is 0. The van der Waals surface area contributed by atoms with Crippen molar-refractivity contribution in [2.45, 2.75) is 32.9 Å². The summed E-state index contributed by atoms with van der Waals surface area (Å²) in [5.74, 6) is 1.35. The average molecular weight is 528 g/mol. The molecule has 33 heavy (non-hydrogen) atoms. The number of furan rings is 1. The Kier molecular flexibility index (Phi) is 6.16. The van der Waals surface area contributed by atoms with Crippen LogP contribution in [-0.4, -0.2) is 15.1 Å². The Morgan fingerprint density at radius 2 is 1.88 bits per heavy atom. The fourth-order valence-corrected chi connectivity index (χ4v) is 6.96. The maximum atomic E-state index is 11.2. The molecule has 0 N–H and O–H groups in total. The van der Waals surface area contributed by atoms with E-state index in [-0.39, 0.29) is 5.69 Å². The van der Waals surface area contributed by atoms with Gasteiger partial charge in [-0.15, -0.1) is 0 Å². The van der Waals surface area contributed by atoms with Gasteiger partial charge in [0.15, 0.2) is 11.3 Å². The van der Waals surface area contributed by atoms with Crippen molar-refractivity contribution in [1.29, 1.82) is 0 Å². The van der Waals surface area contributed by atoms with Gasteiger partial charge in [-0.1, -0.05) is 39.0 Å². The number of nitro groups is 1. The van der Waals surface area contributed by atoms with E-state index in [1.165, 1.54) is 12.1 Å². The highest BCUT2D eigenvalue weighted by Crippen LogP contribution is 2.63. The van der Waals surface area contributed by atoms with Crippen LogP contribution in [0.25, 0.3) is 10.9 Å². The van der Waals surface area contributed by atoms with Crippen LogP contribution in [0.3, 0.4) is 0 Å². The second kappa shape index (κ2) is 8.76. The van der Waals surface area contributed by atoms with Crippen molar-refractivity contribution in [2.24, 2.45) is 4.74 Å². The summed E-state index contributed by atoms with van der Waals surface area (Å²) in [6.45, 7) is 8.04. The molecule has 0 saturated carbocycles. The lowest BCUT2D eigenvalue weighted by Gasteiger charge is -2.35. The van der Waals surface area contributed by atoms with E-state index in [0.717, 1.165) is 16.7 Å². The van der Waals surface area contributed by atoms with Gasteiger partial charge in [-0.05, 0) is 53.2 Å². The van der Waals surface area contributed by atoms with Crippen molar-refractivity contribution in [3.8, 4) is 5.75 Å². The zero-order valence-corrected chi connectivity index (χ0v) is 21.1. The lowest BCUT2D eigenvalue weighted by Crippen LogP contribution is -2.26. The second-order valence-electron chi connectivity index (χ2n) is 8.55. The number of aryl methyl sites for hydroxylation is 1. The SMILES string of the molecule is Cc1ccc([P@@](=Nc2ccc([N+](=O)[O-])cc2Br)(Oc2cccc3cccnc23)C(C)(C)C)o1. The van der Waals surface area contributed by atoms with Crippen molar-refractivity contribution in [1.82, 2.24) is 4.98 Å². The van der Waals surface area contributed by atoms with Gasteiger partial charge in [-0.2, -0.15) is 0 Å². The van der Waals surface area contributed by atoms with Crippen LogP contribution < -0.4 is 10.0 Å². The molecule has 2 aromatic heterocycles. The third-order valence-electron chi connectivity index (χ3n) is 5.15. The van der Waals surface area contributed by atoms with Crippen molar-refractivity contribution >= 4 is 51.0 Å². The minimum absolute atomic E-state index is 0.0199. The molecule has 4 rings (SSSR count). The Morgan fingerprint density at radius 3 is 2.52 bits per heavy atom. The summed E-state index contributed by atoms with van der Waals surface area (Å²) < 4.78 is 18.6. The quantitative estimate of drug-likeness (QED) is 0.150. The number of benzene rings is 2.